The van der Waals surface area contributed by atoms with Crippen molar-refractivity contribution in [1.82, 2.24) is 24.2 Å². The first-order valence-corrected chi connectivity index (χ1v) is 9.13. The summed E-state index contributed by atoms with van der Waals surface area (Å²) in [5, 5.41) is 7.01. The number of anilines is 1. The zero-order valence-corrected chi connectivity index (χ0v) is 15.3. The third-order valence-corrected chi connectivity index (χ3v) is 4.88. The van der Waals surface area contributed by atoms with Crippen molar-refractivity contribution in [1.29, 1.82) is 0 Å². The van der Waals surface area contributed by atoms with Gasteiger partial charge in [0.25, 0.3) is 5.91 Å². The topological polar surface area (TPSA) is 85.0 Å². The summed E-state index contributed by atoms with van der Waals surface area (Å²) in [5.74, 6) is -0.166. The Bertz CT molecular complexity index is 983. The maximum absolute atomic E-state index is 12.5. The van der Waals surface area contributed by atoms with Crippen molar-refractivity contribution >= 4 is 28.5 Å². The van der Waals surface area contributed by atoms with Gasteiger partial charge in [-0.05, 0) is 37.5 Å². The minimum absolute atomic E-state index is 0.0660. The number of nitrogens with zero attached hydrogens (tertiary/aromatic N) is 5. The molecule has 0 bridgehead atoms. The number of hydrogen-bond acceptors (Lipinski definition) is 4. The van der Waals surface area contributed by atoms with Crippen LogP contribution < -0.4 is 5.32 Å². The Kier molecular flexibility index (Phi) is 4.62. The molecule has 0 aliphatic carbocycles. The van der Waals surface area contributed by atoms with Gasteiger partial charge in [-0.1, -0.05) is 0 Å². The zero-order valence-electron chi connectivity index (χ0n) is 15.3. The van der Waals surface area contributed by atoms with Gasteiger partial charge in [-0.2, -0.15) is 5.10 Å². The van der Waals surface area contributed by atoms with Gasteiger partial charge < -0.3 is 14.8 Å². The summed E-state index contributed by atoms with van der Waals surface area (Å²) in [5.41, 5.74) is 2.83. The van der Waals surface area contributed by atoms with E-state index in [4.69, 9.17) is 0 Å². The first-order chi connectivity index (χ1) is 13.1. The second kappa shape index (κ2) is 7.22. The molecule has 1 aliphatic rings. The minimum Gasteiger partial charge on any atom is -0.341 e. The Morgan fingerprint density at radius 3 is 2.81 bits per heavy atom. The molecule has 1 saturated heterocycles. The van der Waals surface area contributed by atoms with Gasteiger partial charge in [0.05, 0.1) is 29.2 Å². The predicted octanol–water partition coefficient (Wildman–Crippen LogP) is 2.03. The van der Waals surface area contributed by atoms with Gasteiger partial charge in [0.1, 0.15) is 6.54 Å². The molecule has 4 rings (SSSR count). The molecule has 0 unspecified atom stereocenters. The lowest BCUT2D eigenvalue weighted by Gasteiger charge is -2.26. The molecule has 2 amide bonds. The molecule has 0 radical (unpaired) electrons. The van der Waals surface area contributed by atoms with Crippen molar-refractivity contribution in [2.45, 2.75) is 25.8 Å². The average molecular weight is 366 g/mol. The van der Waals surface area contributed by atoms with E-state index in [1.54, 1.807) is 35.5 Å². The highest BCUT2D eigenvalue weighted by Crippen LogP contribution is 2.16. The molecule has 0 atom stereocenters. The fourth-order valence-electron chi connectivity index (χ4n) is 3.38. The van der Waals surface area contributed by atoms with E-state index in [0.29, 0.717) is 11.3 Å². The summed E-state index contributed by atoms with van der Waals surface area (Å²) in [6, 6.07) is 5.40. The standard InChI is InChI=1S/C19H22N6O2/c1-23-13-20-16-9-14(5-6-17(16)23)19(27)22-15-10-21-25(11-15)12-18(26)24-7-3-2-4-8-24/h5-6,9-11,13H,2-4,7-8,12H2,1H3,(H,22,27). The molecule has 0 spiro atoms. The lowest BCUT2D eigenvalue weighted by molar-refractivity contribution is -0.132. The number of aromatic nitrogens is 4. The van der Waals surface area contributed by atoms with Gasteiger partial charge in [0.15, 0.2) is 0 Å². The van der Waals surface area contributed by atoms with Gasteiger partial charge in [-0.15, -0.1) is 0 Å². The monoisotopic (exact) mass is 366 g/mol. The number of likely N-dealkylation sites (tertiary alicyclic amines) is 1. The van der Waals surface area contributed by atoms with Crippen LogP contribution in [0.25, 0.3) is 11.0 Å². The highest BCUT2D eigenvalue weighted by molar-refractivity contribution is 6.05. The molecule has 1 aromatic carbocycles. The van der Waals surface area contributed by atoms with Crippen molar-refractivity contribution < 1.29 is 9.59 Å². The predicted molar refractivity (Wildman–Crippen MR) is 101 cm³/mol. The molecule has 8 heteroatoms. The summed E-state index contributed by atoms with van der Waals surface area (Å²) in [6.07, 6.45) is 8.26. The highest BCUT2D eigenvalue weighted by Gasteiger charge is 2.17. The fourth-order valence-corrected chi connectivity index (χ4v) is 3.38. The Morgan fingerprint density at radius 2 is 2.00 bits per heavy atom. The van der Waals surface area contributed by atoms with E-state index in [9.17, 15) is 9.59 Å². The molecular formula is C19H22N6O2. The third kappa shape index (κ3) is 3.69. The van der Waals surface area contributed by atoms with Crippen LogP contribution in [0.2, 0.25) is 0 Å². The van der Waals surface area contributed by atoms with Crippen LogP contribution in [-0.2, 0) is 18.4 Å². The highest BCUT2D eigenvalue weighted by atomic mass is 16.2. The van der Waals surface area contributed by atoms with Crippen LogP contribution in [0.3, 0.4) is 0 Å². The summed E-state index contributed by atoms with van der Waals surface area (Å²) in [6.45, 7) is 1.83. The summed E-state index contributed by atoms with van der Waals surface area (Å²) < 4.78 is 3.47. The molecule has 0 saturated carbocycles. The number of rotatable bonds is 4. The normalized spacial score (nSPS) is 14.5. The molecule has 2 aromatic heterocycles. The molecule has 27 heavy (non-hydrogen) atoms. The van der Waals surface area contributed by atoms with Gasteiger partial charge >= 0.3 is 0 Å². The number of piperidine rings is 1. The molecule has 3 heterocycles. The van der Waals surface area contributed by atoms with E-state index >= 15 is 0 Å². The van der Waals surface area contributed by atoms with Crippen molar-refractivity contribution in [3.63, 3.8) is 0 Å². The second-order valence-electron chi connectivity index (χ2n) is 6.88. The molecule has 3 aromatic rings. The van der Waals surface area contributed by atoms with E-state index in [0.717, 1.165) is 37.0 Å². The van der Waals surface area contributed by atoms with Gasteiger partial charge in [-0.25, -0.2) is 4.98 Å². The molecule has 1 N–H and O–H groups in total. The molecular weight excluding hydrogens is 344 g/mol. The van der Waals surface area contributed by atoms with Crippen LogP contribution in [0.15, 0.2) is 36.9 Å². The van der Waals surface area contributed by atoms with Gasteiger partial charge in [-0.3, -0.25) is 14.3 Å². The largest absolute Gasteiger partial charge is 0.341 e. The number of hydrogen-bond donors (Lipinski definition) is 1. The van der Waals surface area contributed by atoms with Crippen molar-refractivity contribution in [3.8, 4) is 0 Å². The van der Waals surface area contributed by atoms with Gasteiger partial charge in [0, 0.05) is 31.9 Å². The van der Waals surface area contributed by atoms with E-state index in [1.165, 1.54) is 6.42 Å². The van der Waals surface area contributed by atoms with E-state index in [-0.39, 0.29) is 18.4 Å². The Hall–Kier alpha value is -3.16. The van der Waals surface area contributed by atoms with Crippen molar-refractivity contribution in [2.24, 2.45) is 7.05 Å². The smallest absolute Gasteiger partial charge is 0.255 e. The van der Waals surface area contributed by atoms with Crippen LogP contribution in [0, 0.1) is 0 Å². The van der Waals surface area contributed by atoms with Gasteiger partial charge in [0.2, 0.25) is 5.91 Å². The molecule has 140 valence electrons. The zero-order chi connectivity index (χ0) is 18.8. The number of amides is 2. The Labute approximate surface area is 156 Å². The SMILES string of the molecule is Cn1cnc2cc(C(=O)Nc3cnn(CC(=O)N4CCCCC4)c3)ccc21. The van der Waals surface area contributed by atoms with E-state index in [1.807, 2.05) is 22.6 Å². The number of aryl methyl sites for hydroxylation is 1. The average Bonchev–Trinajstić information content (AvgIpc) is 3.28. The Balaban J connectivity index is 1.40. The number of benzene rings is 1. The van der Waals surface area contributed by atoms with Crippen LogP contribution in [-0.4, -0.2) is 49.1 Å². The summed E-state index contributed by atoms with van der Waals surface area (Å²) >= 11 is 0. The van der Waals surface area contributed by atoms with Crippen LogP contribution >= 0.6 is 0 Å². The lowest BCUT2D eigenvalue weighted by atomic mass is 10.1. The lowest BCUT2D eigenvalue weighted by Crippen LogP contribution is -2.37. The molecule has 1 aliphatic heterocycles. The molecule has 1 fully saturated rings. The van der Waals surface area contributed by atoms with E-state index < -0.39 is 0 Å². The van der Waals surface area contributed by atoms with E-state index in [2.05, 4.69) is 15.4 Å². The summed E-state index contributed by atoms with van der Waals surface area (Å²) in [7, 11) is 1.91. The van der Waals surface area contributed by atoms with Crippen LogP contribution in [0.4, 0.5) is 5.69 Å². The quantitative estimate of drug-likeness (QED) is 0.766. The van der Waals surface area contributed by atoms with Crippen LogP contribution in [0.1, 0.15) is 29.6 Å². The maximum atomic E-state index is 12.5. The number of fused-ring (bicyclic) bond motifs is 1. The number of imidazole rings is 1. The first-order valence-electron chi connectivity index (χ1n) is 9.13. The summed E-state index contributed by atoms with van der Waals surface area (Å²) in [4.78, 5) is 31.0. The minimum atomic E-state index is -0.232. The first kappa shape index (κ1) is 17.3. The Morgan fingerprint density at radius 1 is 1.19 bits per heavy atom. The van der Waals surface area contributed by atoms with Crippen molar-refractivity contribution in [3.05, 3.63) is 42.5 Å². The number of nitrogens with one attached hydrogen (secondary N) is 1. The third-order valence-electron chi connectivity index (χ3n) is 4.88. The maximum Gasteiger partial charge on any atom is 0.255 e. The number of carbonyl (C=O) groups excluding carboxylic acids is 2. The van der Waals surface area contributed by atoms with Crippen molar-refractivity contribution in [2.75, 3.05) is 18.4 Å². The second-order valence-corrected chi connectivity index (χ2v) is 6.88. The molecule has 8 nitrogen and oxygen atoms in total. The fraction of sp³-hybridized carbons (Fsp3) is 0.368. The number of carbonyl (C=O) groups is 2. The van der Waals surface area contributed by atoms with Crippen LogP contribution in [0.5, 0.6) is 0 Å².